The number of rotatable bonds is 4. The average molecular weight is 423 g/mol. The number of nitrogens with zero attached hydrogens (tertiary/aromatic N) is 4. The molecule has 2 unspecified atom stereocenters. The van der Waals surface area contributed by atoms with Crippen LogP contribution >= 0.6 is 0 Å². The van der Waals surface area contributed by atoms with E-state index in [-0.39, 0.29) is 36.7 Å². The molecule has 0 aliphatic carbocycles. The molecule has 0 bridgehead atoms. The Morgan fingerprint density at radius 3 is 2.66 bits per heavy atom. The number of anilines is 1. The van der Waals surface area contributed by atoms with Crippen LogP contribution < -0.4 is 4.90 Å². The van der Waals surface area contributed by atoms with Crippen LogP contribution in [0.3, 0.4) is 0 Å². The highest BCUT2D eigenvalue weighted by atomic mass is 32.2. The van der Waals surface area contributed by atoms with Gasteiger partial charge in [0.25, 0.3) is 0 Å². The molecule has 0 N–H and O–H groups in total. The summed E-state index contributed by atoms with van der Waals surface area (Å²) in [5.41, 5.74) is 1.07. The SMILES string of the molecule is CC1CN(c2ccc(CN3C(C)CCCS3(=O)=O)c(F)c2)CCN1C(=O)CC#N. The molecule has 2 heterocycles. The third-order valence-electron chi connectivity index (χ3n) is 5.78. The number of carbonyl (C=O) groups is 1. The molecular weight excluding hydrogens is 395 g/mol. The zero-order valence-corrected chi connectivity index (χ0v) is 17.7. The molecule has 29 heavy (non-hydrogen) atoms. The number of amides is 1. The highest BCUT2D eigenvalue weighted by Gasteiger charge is 2.32. The molecule has 0 spiro atoms. The fourth-order valence-electron chi connectivity index (χ4n) is 4.11. The first kappa shape index (κ1) is 21.5. The van der Waals surface area contributed by atoms with Crippen molar-refractivity contribution < 1.29 is 17.6 Å². The Labute approximate surface area is 171 Å². The van der Waals surface area contributed by atoms with Gasteiger partial charge in [0.05, 0.1) is 11.8 Å². The van der Waals surface area contributed by atoms with E-state index >= 15 is 0 Å². The number of halogens is 1. The van der Waals surface area contributed by atoms with Gasteiger partial charge in [0.2, 0.25) is 15.9 Å². The number of carbonyl (C=O) groups excluding carboxylic acids is 1. The Bertz CT molecular complexity index is 915. The molecule has 7 nitrogen and oxygen atoms in total. The van der Waals surface area contributed by atoms with Crippen molar-refractivity contribution in [1.29, 1.82) is 5.26 Å². The second kappa shape index (κ2) is 8.67. The number of nitriles is 1. The number of hydrogen-bond acceptors (Lipinski definition) is 5. The fourth-order valence-corrected chi connectivity index (χ4v) is 5.87. The minimum Gasteiger partial charge on any atom is -0.368 e. The lowest BCUT2D eigenvalue weighted by molar-refractivity contribution is -0.132. The Hall–Kier alpha value is -2.18. The minimum absolute atomic E-state index is 0.0441. The average Bonchev–Trinajstić information content (AvgIpc) is 2.65. The summed E-state index contributed by atoms with van der Waals surface area (Å²) in [6.45, 7) is 5.40. The Balaban J connectivity index is 1.70. The van der Waals surface area contributed by atoms with Crippen LogP contribution in [0.1, 0.15) is 38.7 Å². The van der Waals surface area contributed by atoms with Gasteiger partial charge in [-0.3, -0.25) is 4.79 Å². The van der Waals surface area contributed by atoms with Crippen molar-refractivity contribution in [3.8, 4) is 6.07 Å². The molecule has 2 aliphatic heterocycles. The molecule has 2 fully saturated rings. The quantitative estimate of drug-likeness (QED) is 0.742. The Morgan fingerprint density at radius 1 is 1.28 bits per heavy atom. The molecule has 3 rings (SSSR count). The first-order valence-electron chi connectivity index (χ1n) is 9.92. The van der Waals surface area contributed by atoms with E-state index in [0.29, 0.717) is 37.3 Å². The van der Waals surface area contributed by atoms with E-state index in [4.69, 9.17) is 5.26 Å². The molecule has 0 radical (unpaired) electrons. The van der Waals surface area contributed by atoms with Crippen molar-refractivity contribution >= 4 is 21.6 Å². The third kappa shape index (κ3) is 4.70. The molecule has 1 aromatic rings. The summed E-state index contributed by atoms with van der Waals surface area (Å²) >= 11 is 0. The van der Waals surface area contributed by atoms with E-state index < -0.39 is 15.8 Å². The summed E-state index contributed by atoms with van der Waals surface area (Å²) in [5.74, 6) is -0.492. The molecule has 2 aliphatic rings. The monoisotopic (exact) mass is 422 g/mol. The molecule has 2 atom stereocenters. The zero-order valence-electron chi connectivity index (χ0n) is 16.8. The minimum atomic E-state index is -3.35. The van der Waals surface area contributed by atoms with Crippen molar-refractivity contribution in [2.45, 2.75) is 51.7 Å². The lowest BCUT2D eigenvalue weighted by atomic mass is 10.1. The van der Waals surface area contributed by atoms with Gasteiger partial charge < -0.3 is 9.80 Å². The maximum Gasteiger partial charge on any atom is 0.237 e. The predicted molar refractivity (Wildman–Crippen MR) is 108 cm³/mol. The second-order valence-corrected chi connectivity index (χ2v) is 9.89. The highest BCUT2D eigenvalue weighted by Crippen LogP contribution is 2.27. The Morgan fingerprint density at radius 2 is 2.03 bits per heavy atom. The predicted octanol–water partition coefficient (Wildman–Crippen LogP) is 2.09. The van der Waals surface area contributed by atoms with E-state index in [1.165, 1.54) is 10.4 Å². The summed E-state index contributed by atoms with van der Waals surface area (Å²) < 4.78 is 40.9. The molecule has 9 heteroatoms. The van der Waals surface area contributed by atoms with Gasteiger partial charge in [-0.1, -0.05) is 6.07 Å². The summed E-state index contributed by atoms with van der Waals surface area (Å²) in [7, 11) is -3.35. The summed E-state index contributed by atoms with van der Waals surface area (Å²) in [6, 6.07) is 6.57. The summed E-state index contributed by atoms with van der Waals surface area (Å²) in [5, 5.41) is 8.72. The van der Waals surface area contributed by atoms with Crippen LogP contribution in [0, 0.1) is 17.1 Å². The first-order valence-corrected chi connectivity index (χ1v) is 11.5. The number of hydrogen-bond donors (Lipinski definition) is 0. The van der Waals surface area contributed by atoms with E-state index in [1.807, 2.05) is 24.8 Å². The lowest BCUT2D eigenvalue weighted by Crippen LogP contribution is -2.54. The van der Waals surface area contributed by atoms with Crippen molar-refractivity contribution in [2.24, 2.45) is 0 Å². The van der Waals surface area contributed by atoms with Crippen LogP contribution in [0.4, 0.5) is 10.1 Å². The molecule has 0 saturated carbocycles. The van der Waals surface area contributed by atoms with E-state index in [9.17, 15) is 17.6 Å². The third-order valence-corrected chi connectivity index (χ3v) is 7.79. The van der Waals surface area contributed by atoms with Crippen LogP contribution in [0.2, 0.25) is 0 Å². The van der Waals surface area contributed by atoms with Crippen molar-refractivity contribution in [1.82, 2.24) is 9.21 Å². The summed E-state index contributed by atoms with van der Waals surface area (Å²) in [6.07, 6.45) is 1.29. The van der Waals surface area contributed by atoms with Crippen LogP contribution in [0.15, 0.2) is 18.2 Å². The molecule has 2 saturated heterocycles. The van der Waals surface area contributed by atoms with Gasteiger partial charge in [0.1, 0.15) is 12.2 Å². The second-order valence-electron chi connectivity index (χ2n) is 7.85. The van der Waals surface area contributed by atoms with Crippen LogP contribution in [0.25, 0.3) is 0 Å². The van der Waals surface area contributed by atoms with E-state index in [0.717, 1.165) is 6.42 Å². The van der Waals surface area contributed by atoms with Gasteiger partial charge in [-0.15, -0.1) is 0 Å². The lowest BCUT2D eigenvalue weighted by Gasteiger charge is -2.41. The van der Waals surface area contributed by atoms with Gasteiger partial charge >= 0.3 is 0 Å². The van der Waals surface area contributed by atoms with Crippen LogP contribution in [-0.2, 0) is 21.4 Å². The fraction of sp³-hybridized carbons (Fsp3) is 0.600. The molecule has 158 valence electrons. The molecular formula is C20H27FN4O3S. The standard InChI is InChI=1S/C20H27FN4O3S/c1-15-4-3-11-29(27,28)25(15)14-17-5-6-18(12-19(17)21)23-9-10-24(16(2)13-23)20(26)7-8-22/h5-6,12,15-16H,3-4,7,9-11,13-14H2,1-2H3. The largest absolute Gasteiger partial charge is 0.368 e. The van der Waals surface area contributed by atoms with E-state index in [1.54, 1.807) is 17.0 Å². The van der Waals surface area contributed by atoms with Crippen molar-refractivity contribution in [3.05, 3.63) is 29.6 Å². The van der Waals surface area contributed by atoms with Crippen LogP contribution in [-0.4, -0.2) is 61.0 Å². The van der Waals surface area contributed by atoms with Gasteiger partial charge in [0.15, 0.2) is 0 Å². The maximum absolute atomic E-state index is 14.8. The molecule has 1 amide bonds. The first-order chi connectivity index (χ1) is 13.7. The topological polar surface area (TPSA) is 84.7 Å². The molecule has 1 aromatic carbocycles. The Kier molecular flexibility index (Phi) is 6.44. The van der Waals surface area contributed by atoms with Gasteiger partial charge in [-0.25, -0.2) is 12.8 Å². The van der Waals surface area contributed by atoms with Gasteiger partial charge in [-0.2, -0.15) is 9.57 Å². The summed E-state index contributed by atoms with van der Waals surface area (Å²) in [4.78, 5) is 15.7. The van der Waals surface area contributed by atoms with Gasteiger partial charge in [-0.05, 0) is 38.8 Å². The van der Waals surface area contributed by atoms with Crippen molar-refractivity contribution in [3.63, 3.8) is 0 Å². The van der Waals surface area contributed by atoms with Crippen LogP contribution in [0.5, 0.6) is 0 Å². The highest BCUT2D eigenvalue weighted by molar-refractivity contribution is 7.89. The smallest absolute Gasteiger partial charge is 0.237 e. The number of piperazine rings is 1. The zero-order chi connectivity index (χ0) is 21.2. The van der Waals surface area contributed by atoms with E-state index in [2.05, 4.69) is 0 Å². The number of sulfonamides is 1. The van der Waals surface area contributed by atoms with Crippen molar-refractivity contribution in [2.75, 3.05) is 30.3 Å². The maximum atomic E-state index is 14.8. The van der Waals surface area contributed by atoms with Gasteiger partial charge in [0, 0.05) is 49.5 Å². The number of benzene rings is 1. The normalized spacial score (nSPS) is 24.9. The molecule has 0 aromatic heterocycles.